The van der Waals surface area contributed by atoms with E-state index in [1.54, 1.807) is 16.7 Å². The Morgan fingerprint density at radius 1 is 1.37 bits per heavy atom. The summed E-state index contributed by atoms with van der Waals surface area (Å²) in [5.41, 5.74) is 1.06. The lowest BCUT2D eigenvalue weighted by Gasteiger charge is -2.04. The zero-order valence-corrected chi connectivity index (χ0v) is 10.6. The van der Waals surface area contributed by atoms with Crippen LogP contribution in [0.3, 0.4) is 0 Å². The second kappa shape index (κ2) is 4.28. The van der Waals surface area contributed by atoms with Crippen molar-refractivity contribution in [2.75, 3.05) is 0 Å². The molecule has 1 unspecified atom stereocenters. The van der Waals surface area contributed by atoms with E-state index in [4.69, 9.17) is 21.1 Å². The molecule has 2 aromatic rings. The van der Waals surface area contributed by atoms with Gasteiger partial charge in [0.25, 0.3) is 0 Å². The van der Waals surface area contributed by atoms with Gasteiger partial charge in [-0.3, -0.25) is 9.59 Å². The van der Waals surface area contributed by atoms with Crippen LogP contribution in [0.4, 0.5) is 0 Å². The number of carboxylic acid groups (broad SMARTS) is 1. The van der Waals surface area contributed by atoms with Gasteiger partial charge in [0, 0.05) is 12.2 Å². The third-order valence-electron chi connectivity index (χ3n) is 3.37. The molecule has 1 aliphatic heterocycles. The average Bonchev–Trinajstić information content (AvgIpc) is 3.01. The molecule has 0 aromatic carbocycles. The van der Waals surface area contributed by atoms with Gasteiger partial charge in [-0.2, -0.15) is 0 Å². The first-order valence-electron chi connectivity index (χ1n) is 5.79. The molecule has 0 radical (unpaired) electrons. The molecule has 0 saturated carbocycles. The monoisotopic (exact) mass is 279 g/mol. The fraction of sp³-hybridized carbons (Fsp3) is 0.231. The standard InChI is InChI=1S/C13H10ClNO4/c14-8-4-6-19-12(8)11(16)10-2-1-9-7(13(17)18)3-5-15(9)10/h1-2,4,6-7H,3,5H2,(H,17,18). The van der Waals surface area contributed by atoms with Gasteiger partial charge in [0.2, 0.25) is 5.78 Å². The lowest BCUT2D eigenvalue weighted by molar-refractivity contribution is -0.138. The maximum absolute atomic E-state index is 12.3. The van der Waals surface area contributed by atoms with E-state index in [1.807, 2.05) is 0 Å². The molecule has 1 atom stereocenters. The minimum absolute atomic E-state index is 0.0846. The fourth-order valence-corrected chi connectivity index (χ4v) is 2.65. The van der Waals surface area contributed by atoms with Crippen LogP contribution < -0.4 is 0 Å². The van der Waals surface area contributed by atoms with Crippen LogP contribution in [0, 0.1) is 0 Å². The van der Waals surface area contributed by atoms with Crippen molar-refractivity contribution >= 4 is 23.4 Å². The average molecular weight is 280 g/mol. The highest BCUT2D eigenvalue weighted by molar-refractivity contribution is 6.34. The first kappa shape index (κ1) is 12.0. The highest BCUT2D eigenvalue weighted by Gasteiger charge is 2.32. The van der Waals surface area contributed by atoms with Gasteiger partial charge in [-0.25, -0.2) is 0 Å². The Balaban J connectivity index is 2.01. The van der Waals surface area contributed by atoms with E-state index in [0.29, 0.717) is 24.4 Å². The van der Waals surface area contributed by atoms with Gasteiger partial charge in [0.1, 0.15) is 0 Å². The molecule has 0 fully saturated rings. The summed E-state index contributed by atoms with van der Waals surface area (Å²) in [4.78, 5) is 23.4. The Morgan fingerprint density at radius 3 is 2.79 bits per heavy atom. The van der Waals surface area contributed by atoms with Gasteiger partial charge in [0.05, 0.1) is 22.9 Å². The molecule has 6 heteroatoms. The molecular weight excluding hydrogens is 270 g/mol. The zero-order valence-electron chi connectivity index (χ0n) is 9.80. The zero-order chi connectivity index (χ0) is 13.6. The molecule has 19 heavy (non-hydrogen) atoms. The SMILES string of the molecule is O=C(c1occc1Cl)c1ccc2n1CCC2C(=O)O. The van der Waals surface area contributed by atoms with Gasteiger partial charge in [-0.15, -0.1) is 0 Å². The number of carboxylic acids is 1. The molecule has 2 aromatic heterocycles. The number of nitrogens with zero attached hydrogens (tertiary/aromatic N) is 1. The molecular formula is C13H10ClNO4. The molecule has 0 amide bonds. The summed E-state index contributed by atoms with van der Waals surface area (Å²) in [6, 6.07) is 4.80. The summed E-state index contributed by atoms with van der Waals surface area (Å²) >= 11 is 5.86. The lowest BCUT2D eigenvalue weighted by Crippen LogP contribution is -2.09. The lowest BCUT2D eigenvalue weighted by atomic mass is 10.1. The molecule has 5 nitrogen and oxygen atoms in total. The third-order valence-corrected chi connectivity index (χ3v) is 3.66. The van der Waals surface area contributed by atoms with Gasteiger partial charge in [0.15, 0.2) is 5.76 Å². The Hall–Kier alpha value is -2.01. The smallest absolute Gasteiger partial charge is 0.312 e. The van der Waals surface area contributed by atoms with Crippen LogP contribution in [0.25, 0.3) is 0 Å². The van der Waals surface area contributed by atoms with Gasteiger partial charge in [-0.1, -0.05) is 11.6 Å². The van der Waals surface area contributed by atoms with Gasteiger partial charge < -0.3 is 14.1 Å². The van der Waals surface area contributed by atoms with Gasteiger partial charge >= 0.3 is 5.97 Å². The van der Waals surface area contributed by atoms with E-state index in [2.05, 4.69) is 0 Å². The Labute approximate surface area is 113 Å². The van der Waals surface area contributed by atoms with E-state index in [9.17, 15) is 9.59 Å². The van der Waals surface area contributed by atoms with Crippen molar-refractivity contribution in [2.45, 2.75) is 18.9 Å². The van der Waals surface area contributed by atoms with Crippen molar-refractivity contribution < 1.29 is 19.1 Å². The van der Waals surface area contributed by atoms with Crippen LogP contribution >= 0.6 is 11.6 Å². The fourth-order valence-electron chi connectivity index (χ4n) is 2.46. The molecule has 1 N–H and O–H groups in total. The number of aliphatic carboxylic acids is 1. The number of carbonyl (C=O) groups excluding carboxylic acids is 1. The molecule has 0 spiro atoms. The van der Waals surface area contributed by atoms with Crippen LogP contribution in [0.1, 0.15) is 34.3 Å². The second-order valence-electron chi connectivity index (χ2n) is 4.40. The van der Waals surface area contributed by atoms with E-state index < -0.39 is 11.9 Å². The van der Waals surface area contributed by atoms with E-state index in [0.717, 1.165) is 0 Å². The number of hydrogen-bond acceptors (Lipinski definition) is 3. The van der Waals surface area contributed by atoms with Crippen LogP contribution in [-0.4, -0.2) is 21.4 Å². The highest BCUT2D eigenvalue weighted by atomic mass is 35.5. The Morgan fingerprint density at radius 2 is 2.16 bits per heavy atom. The normalized spacial score (nSPS) is 17.4. The number of fused-ring (bicyclic) bond motifs is 1. The molecule has 3 heterocycles. The molecule has 98 valence electrons. The summed E-state index contributed by atoms with van der Waals surface area (Å²) in [5, 5.41) is 9.36. The van der Waals surface area contributed by atoms with Crippen LogP contribution in [0.2, 0.25) is 5.02 Å². The molecule has 1 aliphatic rings. The van der Waals surface area contributed by atoms with Crippen molar-refractivity contribution in [3.63, 3.8) is 0 Å². The number of aromatic nitrogens is 1. The maximum atomic E-state index is 12.3. The van der Waals surface area contributed by atoms with E-state index in [-0.39, 0.29) is 16.6 Å². The number of halogens is 1. The third kappa shape index (κ3) is 1.77. The Bertz CT molecular complexity index is 670. The largest absolute Gasteiger partial charge is 0.481 e. The molecule has 0 aliphatic carbocycles. The topological polar surface area (TPSA) is 72.4 Å². The summed E-state index contributed by atoms with van der Waals surface area (Å²) in [5.74, 6) is -1.66. The molecule has 0 bridgehead atoms. The van der Waals surface area contributed by atoms with Crippen molar-refractivity contribution in [3.8, 4) is 0 Å². The number of rotatable bonds is 3. The number of ketones is 1. The van der Waals surface area contributed by atoms with Crippen LogP contribution in [-0.2, 0) is 11.3 Å². The first-order valence-corrected chi connectivity index (χ1v) is 6.17. The van der Waals surface area contributed by atoms with Crippen molar-refractivity contribution in [1.29, 1.82) is 0 Å². The highest BCUT2D eigenvalue weighted by Crippen LogP contribution is 2.32. The summed E-state index contributed by atoms with van der Waals surface area (Å²) in [6.07, 6.45) is 1.85. The molecule has 0 saturated heterocycles. The minimum Gasteiger partial charge on any atom is -0.481 e. The van der Waals surface area contributed by atoms with E-state index in [1.165, 1.54) is 12.3 Å². The van der Waals surface area contributed by atoms with Crippen LogP contribution in [0.15, 0.2) is 28.9 Å². The summed E-state index contributed by atoms with van der Waals surface area (Å²) in [7, 11) is 0. The summed E-state index contributed by atoms with van der Waals surface area (Å²) < 4.78 is 6.79. The molecule has 3 rings (SSSR count). The second-order valence-corrected chi connectivity index (χ2v) is 4.81. The van der Waals surface area contributed by atoms with Gasteiger partial charge in [-0.05, 0) is 24.6 Å². The van der Waals surface area contributed by atoms with Crippen LogP contribution in [0.5, 0.6) is 0 Å². The first-order chi connectivity index (χ1) is 9.09. The summed E-state index contributed by atoms with van der Waals surface area (Å²) in [6.45, 7) is 0.513. The maximum Gasteiger partial charge on any atom is 0.312 e. The number of carbonyl (C=O) groups is 2. The predicted octanol–water partition coefficient (Wildman–Crippen LogP) is 2.54. The van der Waals surface area contributed by atoms with Crippen molar-refractivity contribution in [2.24, 2.45) is 0 Å². The van der Waals surface area contributed by atoms with Crippen molar-refractivity contribution in [3.05, 3.63) is 46.6 Å². The Kier molecular flexibility index (Phi) is 2.71. The predicted molar refractivity (Wildman–Crippen MR) is 66.6 cm³/mol. The van der Waals surface area contributed by atoms with Crippen molar-refractivity contribution in [1.82, 2.24) is 4.57 Å². The minimum atomic E-state index is -0.869. The quantitative estimate of drug-likeness (QED) is 0.876. The number of furan rings is 1. The number of hydrogen-bond donors (Lipinski definition) is 1. The van der Waals surface area contributed by atoms with E-state index >= 15 is 0 Å².